The largest absolute Gasteiger partial charge is 0.493 e. The second-order valence-electron chi connectivity index (χ2n) is 5.34. The number of nitrogens with zero attached hydrogens (tertiary/aromatic N) is 3. The van der Waals surface area contributed by atoms with Crippen LogP contribution in [-0.4, -0.2) is 55.7 Å². The van der Waals surface area contributed by atoms with Crippen molar-refractivity contribution in [2.24, 2.45) is 0 Å². The number of amides is 1. The van der Waals surface area contributed by atoms with Crippen molar-refractivity contribution in [1.82, 2.24) is 9.88 Å². The van der Waals surface area contributed by atoms with Crippen LogP contribution in [0.2, 0.25) is 0 Å². The maximum atomic E-state index is 12.6. The first-order valence-electron chi connectivity index (χ1n) is 7.65. The van der Waals surface area contributed by atoms with Crippen molar-refractivity contribution in [2.75, 3.05) is 38.2 Å². The maximum Gasteiger partial charge on any atom is 0.387 e. The molecular weight excluding hydrogens is 352 g/mol. The Morgan fingerprint density at radius 3 is 2.60 bits per heavy atom. The molecule has 0 aliphatic carbocycles. The number of anilines is 1. The van der Waals surface area contributed by atoms with Crippen LogP contribution in [0.3, 0.4) is 0 Å². The molecule has 6 nitrogen and oxygen atoms in total. The first-order chi connectivity index (χ1) is 12.1. The summed E-state index contributed by atoms with van der Waals surface area (Å²) < 4.78 is 34.2. The minimum absolute atomic E-state index is 0.0948. The maximum absolute atomic E-state index is 12.6. The van der Waals surface area contributed by atoms with E-state index < -0.39 is 6.61 Å². The smallest absolute Gasteiger partial charge is 0.387 e. The normalized spacial score (nSPS) is 14.7. The Kier molecular flexibility index (Phi) is 5.32. The van der Waals surface area contributed by atoms with E-state index in [0.717, 1.165) is 5.13 Å². The average molecular weight is 369 g/mol. The molecule has 2 heterocycles. The van der Waals surface area contributed by atoms with Gasteiger partial charge in [-0.2, -0.15) is 8.78 Å². The molecule has 1 amide bonds. The predicted molar refractivity (Wildman–Crippen MR) is 89.9 cm³/mol. The summed E-state index contributed by atoms with van der Waals surface area (Å²) in [5.74, 6) is -0.157. The second-order valence-corrected chi connectivity index (χ2v) is 6.21. The summed E-state index contributed by atoms with van der Waals surface area (Å²) in [6, 6.07) is 4.22. The van der Waals surface area contributed by atoms with E-state index in [0.29, 0.717) is 31.7 Å². The molecule has 0 unspecified atom stereocenters. The number of ether oxygens (including phenoxy) is 2. The molecule has 9 heteroatoms. The number of aromatic nitrogens is 1. The molecule has 1 aromatic carbocycles. The number of alkyl halides is 2. The SMILES string of the molecule is COc1cc(C(=O)N2CCN(c3nccs3)CC2)ccc1OC(F)F. The highest BCUT2D eigenvalue weighted by Gasteiger charge is 2.24. The zero-order chi connectivity index (χ0) is 17.8. The van der Waals surface area contributed by atoms with Crippen molar-refractivity contribution in [3.63, 3.8) is 0 Å². The van der Waals surface area contributed by atoms with Crippen LogP contribution in [0.1, 0.15) is 10.4 Å². The third-order valence-corrected chi connectivity index (χ3v) is 4.72. The van der Waals surface area contributed by atoms with Gasteiger partial charge in [-0.15, -0.1) is 11.3 Å². The number of halogens is 2. The van der Waals surface area contributed by atoms with E-state index in [1.54, 1.807) is 22.4 Å². The van der Waals surface area contributed by atoms with E-state index in [2.05, 4.69) is 14.6 Å². The third-order valence-electron chi connectivity index (χ3n) is 3.88. The van der Waals surface area contributed by atoms with Gasteiger partial charge in [0.15, 0.2) is 16.6 Å². The number of carbonyl (C=O) groups excluding carboxylic acids is 1. The molecule has 0 N–H and O–H groups in total. The monoisotopic (exact) mass is 369 g/mol. The topological polar surface area (TPSA) is 54.9 Å². The third kappa shape index (κ3) is 3.98. The molecule has 0 bridgehead atoms. The van der Waals surface area contributed by atoms with Crippen LogP contribution in [0.4, 0.5) is 13.9 Å². The van der Waals surface area contributed by atoms with Crippen LogP contribution in [0.25, 0.3) is 0 Å². The summed E-state index contributed by atoms with van der Waals surface area (Å²) in [5.41, 5.74) is 0.376. The minimum atomic E-state index is -2.95. The van der Waals surface area contributed by atoms with Gasteiger partial charge in [-0.05, 0) is 18.2 Å². The van der Waals surface area contributed by atoms with Crippen molar-refractivity contribution in [1.29, 1.82) is 0 Å². The van der Waals surface area contributed by atoms with Gasteiger partial charge in [-0.25, -0.2) is 4.98 Å². The van der Waals surface area contributed by atoms with Crippen LogP contribution in [0.15, 0.2) is 29.8 Å². The molecule has 0 atom stereocenters. The zero-order valence-corrected chi connectivity index (χ0v) is 14.3. The fourth-order valence-corrected chi connectivity index (χ4v) is 3.35. The van der Waals surface area contributed by atoms with E-state index in [1.165, 1.54) is 25.3 Å². The number of carbonyl (C=O) groups is 1. The van der Waals surface area contributed by atoms with Gasteiger partial charge in [0.25, 0.3) is 5.91 Å². The Labute approximate surface area is 147 Å². The van der Waals surface area contributed by atoms with Crippen molar-refractivity contribution in [3.05, 3.63) is 35.3 Å². The van der Waals surface area contributed by atoms with Gasteiger partial charge < -0.3 is 19.3 Å². The second kappa shape index (κ2) is 7.64. The van der Waals surface area contributed by atoms with Crippen LogP contribution in [0, 0.1) is 0 Å². The number of hydrogen-bond donors (Lipinski definition) is 0. The Hall–Kier alpha value is -2.42. The molecule has 0 spiro atoms. The summed E-state index contributed by atoms with van der Waals surface area (Å²) in [5, 5.41) is 2.87. The Bertz CT molecular complexity index is 719. The fourth-order valence-electron chi connectivity index (χ4n) is 2.65. The number of thiazole rings is 1. The average Bonchev–Trinajstić information content (AvgIpc) is 3.16. The van der Waals surface area contributed by atoms with Crippen molar-refractivity contribution >= 4 is 22.4 Å². The van der Waals surface area contributed by atoms with Crippen LogP contribution in [0.5, 0.6) is 11.5 Å². The first kappa shape index (κ1) is 17.4. The molecular formula is C16H17F2N3O3S. The van der Waals surface area contributed by atoms with E-state index in [1.807, 2.05) is 5.38 Å². The Balaban J connectivity index is 1.67. The highest BCUT2D eigenvalue weighted by Crippen LogP contribution is 2.30. The van der Waals surface area contributed by atoms with Crippen LogP contribution >= 0.6 is 11.3 Å². The lowest BCUT2D eigenvalue weighted by Crippen LogP contribution is -2.48. The van der Waals surface area contributed by atoms with Gasteiger partial charge in [-0.1, -0.05) is 0 Å². The van der Waals surface area contributed by atoms with Crippen LogP contribution < -0.4 is 14.4 Å². The Morgan fingerprint density at radius 2 is 2.00 bits per heavy atom. The van der Waals surface area contributed by atoms with Crippen molar-refractivity contribution in [2.45, 2.75) is 6.61 Å². The van der Waals surface area contributed by atoms with Gasteiger partial charge in [0.2, 0.25) is 0 Å². The first-order valence-corrected chi connectivity index (χ1v) is 8.53. The molecule has 1 aliphatic heterocycles. The lowest BCUT2D eigenvalue weighted by atomic mass is 10.1. The molecule has 2 aromatic rings. The van der Waals surface area contributed by atoms with Gasteiger partial charge in [0.1, 0.15) is 0 Å². The molecule has 1 aromatic heterocycles. The van der Waals surface area contributed by atoms with Crippen molar-refractivity contribution < 1.29 is 23.0 Å². The Morgan fingerprint density at radius 1 is 1.24 bits per heavy atom. The number of methoxy groups -OCH3 is 1. The van der Waals surface area contributed by atoms with Gasteiger partial charge in [0.05, 0.1) is 7.11 Å². The number of rotatable bonds is 5. The molecule has 1 saturated heterocycles. The summed E-state index contributed by atoms with van der Waals surface area (Å²) in [7, 11) is 1.34. The zero-order valence-electron chi connectivity index (χ0n) is 13.5. The van der Waals surface area contributed by atoms with Gasteiger partial charge in [0, 0.05) is 43.3 Å². The van der Waals surface area contributed by atoms with E-state index in [4.69, 9.17) is 4.74 Å². The summed E-state index contributed by atoms with van der Waals surface area (Å²) >= 11 is 1.57. The van der Waals surface area contributed by atoms with E-state index in [9.17, 15) is 13.6 Å². The van der Waals surface area contributed by atoms with Gasteiger partial charge >= 0.3 is 6.61 Å². The molecule has 134 valence electrons. The highest BCUT2D eigenvalue weighted by molar-refractivity contribution is 7.13. The van der Waals surface area contributed by atoms with Gasteiger partial charge in [-0.3, -0.25) is 4.79 Å². The van der Waals surface area contributed by atoms with Crippen molar-refractivity contribution in [3.8, 4) is 11.5 Å². The predicted octanol–water partition coefficient (Wildman–Crippen LogP) is 2.72. The van der Waals surface area contributed by atoms with E-state index in [-0.39, 0.29) is 17.4 Å². The lowest BCUT2D eigenvalue weighted by Gasteiger charge is -2.34. The fraction of sp³-hybridized carbons (Fsp3) is 0.375. The highest BCUT2D eigenvalue weighted by atomic mass is 32.1. The number of benzene rings is 1. The quantitative estimate of drug-likeness (QED) is 0.811. The molecule has 0 radical (unpaired) electrons. The molecule has 1 aliphatic rings. The number of piperazine rings is 1. The molecule has 3 rings (SSSR count). The minimum Gasteiger partial charge on any atom is -0.493 e. The summed E-state index contributed by atoms with van der Waals surface area (Å²) in [4.78, 5) is 20.8. The molecule has 25 heavy (non-hydrogen) atoms. The number of hydrogen-bond acceptors (Lipinski definition) is 6. The molecule has 0 saturated carbocycles. The summed E-state index contributed by atoms with van der Waals surface area (Å²) in [6.45, 7) is -0.424. The molecule has 1 fully saturated rings. The lowest BCUT2D eigenvalue weighted by molar-refractivity contribution is -0.0512. The standard InChI is InChI=1S/C16H17F2N3O3S/c1-23-13-10-11(2-3-12(13)24-15(17)18)14(22)20-5-7-21(8-6-20)16-19-4-9-25-16/h2-4,9-10,15H,5-8H2,1H3. The summed E-state index contributed by atoms with van der Waals surface area (Å²) in [6.07, 6.45) is 1.76. The van der Waals surface area contributed by atoms with E-state index >= 15 is 0 Å². The van der Waals surface area contributed by atoms with Crippen LogP contribution in [-0.2, 0) is 0 Å².